The fourth-order valence-corrected chi connectivity index (χ4v) is 3.38. The number of hydrogen-bond acceptors (Lipinski definition) is 3. The fraction of sp³-hybridized carbons (Fsp3) is 0.667. The molecule has 130 valence electrons. The maximum Gasteiger partial charge on any atom is 0.296 e. The topological polar surface area (TPSA) is 43.4 Å². The van der Waals surface area contributed by atoms with Crippen molar-refractivity contribution in [2.45, 2.75) is 76.0 Å². The van der Waals surface area contributed by atoms with Crippen molar-refractivity contribution in [1.82, 2.24) is 0 Å². The number of benzene rings is 1. The Morgan fingerprint density at radius 2 is 1.21 bits per heavy atom. The molecule has 0 N–H and O–H groups in total. The number of rotatable bonds is 13. The van der Waals surface area contributed by atoms with Crippen molar-refractivity contribution in [3.63, 3.8) is 0 Å². The minimum absolute atomic E-state index is 0. The van der Waals surface area contributed by atoms with Gasteiger partial charge in [-0.1, -0.05) is 82.9 Å². The van der Waals surface area contributed by atoms with Crippen LogP contribution >= 0.6 is 0 Å². The summed E-state index contributed by atoms with van der Waals surface area (Å²) in [6.07, 6.45) is 12.3. The van der Waals surface area contributed by atoms with Gasteiger partial charge in [-0.3, -0.25) is 4.18 Å². The van der Waals surface area contributed by atoms with Gasteiger partial charge >= 0.3 is 0 Å². The first kappa shape index (κ1) is 27.9. The molecule has 0 atom stereocenters. The van der Waals surface area contributed by atoms with Gasteiger partial charge < -0.3 is 0 Å². The summed E-state index contributed by atoms with van der Waals surface area (Å²) in [7, 11) is -3.57. The van der Waals surface area contributed by atoms with Crippen molar-refractivity contribution >= 4 is 85.6 Å². The van der Waals surface area contributed by atoms with E-state index in [1.165, 1.54) is 51.4 Å². The fourth-order valence-electron chi connectivity index (χ4n) is 2.41. The average molecular weight is 407 g/mol. The number of hydrogen-bond donors (Lipinski definition) is 0. The van der Waals surface area contributed by atoms with Gasteiger partial charge in [0.1, 0.15) is 0 Å². The van der Waals surface area contributed by atoms with Gasteiger partial charge in [-0.05, 0) is 18.6 Å². The molecule has 3 nitrogen and oxygen atoms in total. The van der Waals surface area contributed by atoms with E-state index in [4.69, 9.17) is 4.18 Å². The predicted molar refractivity (Wildman–Crippen MR) is 103 cm³/mol. The zero-order valence-corrected chi connectivity index (χ0v) is 20.4. The summed E-state index contributed by atoms with van der Waals surface area (Å²) in [6.45, 7) is 2.52. The molecule has 0 saturated heterocycles. The molecular weight excluding hydrogens is 376 g/mol. The van der Waals surface area contributed by atoms with E-state index < -0.39 is 10.1 Å². The zero-order chi connectivity index (χ0) is 16.1. The third-order valence-electron chi connectivity index (χ3n) is 3.77. The smallest absolute Gasteiger partial charge is 0.266 e. The summed E-state index contributed by atoms with van der Waals surface area (Å²) in [5, 5.41) is 0. The van der Waals surface area contributed by atoms with Gasteiger partial charge in [0.05, 0.1) is 11.5 Å². The van der Waals surface area contributed by atoms with Gasteiger partial charge in [0, 0.05) is 75.5 Å². The van der Waals surface area contributed by atoms with Crippen LogP contribution in [0.5, 0.6) is 0 Å². The molecule has 0 aromatic heterocycles. The Morgan fingerprint density at radius 1 is 0.750 bits per heavy atom. The Labute approximate surface area is 208 Å². The van der Waals surface area contributed by atoms with E-state index in [1.54, 1.807) is 30.3 Å². The molecule has 0 fully saturated rings. The van der Waals surface area contributed by atoms with Crippen LogP contribution in [-0.2, 0) is 14.3 Å². The molecule has 0 aliphatic carbocycles. The summed E-state index contributed by atoms with van der Waals surface area (Å²) in [5.74, 6) is 0. The van der Waals surface area contributed by atoms with Gasteiger partial charge in [0.15, 0.2) is 0 Å². The minimum atomic E-state index is -3.57. The van der Waals surface area contributed by atoms with E-state index in [2.05, 4.69) is 6.92 Å². The molecule has 0 aliphatic rings. The molecule has 1 aromatic carbocycles. The Kier molecular flexibility index (Phi) is 20.9. The van der Waals surface area contributed by atoms with E-state index >= 15 is 0 Å². The largest absolute Gasteiger partial charge is 0.296 e. The van der Waals surface area contributed by atoms with E-state index in [9.17, 15) is 8.42 Å². The van der Waals surface area contributed by atoms with Crippen LogP contribution in [0.15, 0.2) is 35.2 Å². The summed E-state index contributed by atoms with van der Waals surface area (Å²) in [4.78, 5) is 0.238. The minimum Gasteiger partial charge on any atom is -0.266 e. The Morgan fingerprint density at radius 3 is 1.71 bits per heavy atom. The molecule has 0 saturated carbocycles. The van der Waals surface area contributed by atoms with Crippen molar-refractivity contribution in [2.24, 2.45) is 0 Å². The monoisotopic (exact) mass is 406 g/mol. The maximum absolute atomic E-state index is 11.9. The van der Waals surface area contributed by atoms with Crippen molar-refractivity contribution < 1.29 is 12.6 Å². The van der Waals surface area contributed by atoms with Crippen LogP contribution in [-0.4, -0.2) is 90.5 Å². The SMILES string of the molecule is CCCCCCCCCCCCOS(=O)(=O)c1ccccc1.[Ca].[Ca]. The standard InChI is InChI=1S/C18H30O3S.2Ca/c1-2-3-4-5-6-7-8-9-10-14-17-21-22(19,20)18-15-12-11-13-16-18;;/h11-13,15-16H,2-10,14,17H2,1H3;;. The van der Waals surface area contributed by atoms with E-state index in [1.807, 2.05) is 0 Å². The second-order valence-corrected chi connectivity index (χ2v) is 7.39. The molecule has 4 radical (unpaired) electrons. The third kappa shape index (κ3) is 13.8. The van der Waals surface area contributed by atoms with Gasteiger partial charge in [-0.2, -0.15) is 8.42 Å². The zero-order valence-electron chi connectivity index (χ0n) is 15.2. The van der Waals surface area contributed by atoms with Gasteiger partial charge in [0.2, 0.25) is 0 Å². The Balaban J connectivity index is 0. The van der Waals surface area contributed by atoms with Crippen molar-refractivity contribution in [2.75, 3.05) is 6.61 Å². The summed E-state index contributed by atoms with van der Waals surface area (Å²) < 4.78 is 28.8. The van der Waals surface area contributed by atoms with Crippen molar-refractivity contribution in [1.29, 1.82) is 0 Å². The van der Waals surface area contributed by atoms with Gasteiger partial charge in [0.25, 0.3) is 10.1 Å². The molecule has 24 heavy (non-hydrogen) atoms. The van der Waals surface area contributed by atoms with Crippen LogP contribution in [0.3, 0.4) is 0 Å². The van der Waals surface area contributed by atoms with Crippen LogP contribution in [0.1, 0.15) is 71.1 Å². The first-order valence-corrected chi connectivity index (χ1v) is 10.0. The first-order valence-electron chi connectivity index (χ1n) is 8.61. The molecule has 0 heterocycles. The summed E-state index contributed by atoms with van der Waals surface area (Å²) >= 11 is 0. The van der Waals surface area contributed by atoms with Crippen LogP contribution in [0.2, 0.25) is 0 Å². The maximum atomic E-state index is 11.9. The molecule has 1 rings (SSSR count). The molecular formula is C18H30Ca2O3S. The predicted octanol–water partition coefficient (Wildman–Crippen LogP) is 4.55. The van der Waals surface area contributed by atoms with Gasteiger partial charge in [-0.15, -0.1) is 0 Å². The average Bonchev–Trinajstić information content (AvgIpc) is 2.53. The molecule has 0 bridgehead atoms. The quantitative estimate of drug-likeness (QED) is 0.274. The van der Waals surface area contributed by atoms with Crippen molar-refractivity contribution in [3.8, 4) is 0 Å². The van der Waals surface area contributed by atoms with Crippen LogP contribution in [0.25, 0.3) is 0 Å². The molecule has 0 aliphatic heterocycles. The molecule has 0 spiro atoms. The first-order chi connectivity index (χ1) is 10.7. The van der Waals surface area contributed by atoms with Crippen molar-refractivity contribution in [3.05, 3.63) is 30.3 Å². The Bertz CT molecular complexity index is 478. The normalized spacial score (nSPS) is 10.7. The third-order valence-corrected chi connectivity index (χ3v) is 5.09. The molecule has 6 heteroatoms. The molecule has 0 amide bonds. The number of unbranched alkanes of at least 4 members (excludes halogenated alkanes) is 9. The molecule has 0 unspecified atom stereocenters. The van der Waals surface area contributed by atoms with Crippen LogP contribution in [0, 0.1) is 0 Å². The van der Waals surface area contributed by atoms with Crippen LogP contribution in [0.4, 0.5) is 0 Å². The van der Waals surface area contributed by atoms with E-state index in [-0.39, 0.29) is 87.0 Å². The molecule has 1 aromatic rings. The van der Waals surface area contributed by atoms with E-state index in [0.29, 0.717) is 0 Å². The Hall–Kier alpha value is 1.65. The summed E-state index contributed by atoms with van der Waals surface area (Å²) in [5.41, 5.74) is 0. The second kappa shape index (κ2) is 18.0. The van der Waals surface area contributed by atoms with Crippen LogP contribution < -0.4 is 0 Å². The second-order valence-electron chi connectivity index (χ2n) is 5.77. The summed E-state index contributed by atoms with van der Waals surface area (Å²) in [6, 6.07) is 8.33. The van der Waals surface area contributed by atoms with E-state index in [0.717, 1.165) is 12.8 Å². The van der Waals surface area contributed by atoms with Gasteiger partial charge in [-0.25, -0.2) is 0 Å².